The van der Waals surface area contributed by atoms with Gasteiger partial charge < -0.3 is 4.57 Å². The van der Waals surface area contributed by atoms with Gasteiger partial charge in [-0.15, -0.1) is 6.58 Å². The molecule has 2 heterocycles. The summed E-state index contributed by atoms with van der Waals surface area (Å²) >= 11 is 0. The number of aromatic nitrogens is 2. The minimum absolute atomic E-state index is 0.151. The molecule has 0 spiro atoms. The van der Waals surface area contributed by atoms with E-state index in [-0.39, 0.29) is 5.78 Å². The van der Waals surface area contributed by atoms with Crippen LogP contribution in [0.2, 0.25) is 0 Å². The van der Waals surface area contributed by atoms with E-state index in [4.69, 9.17) is 0 Å². The molecule has 1 aliphatic rings. The van der Waals surface area contributed by atoms with E-state index in [0.717, 1.165) is 31.6 Å². The molecule has 0 radical (unpaired) electrons. The summed E-state index contributed by atoms with van der Waals surface area (Å²) < 4.78 is 2.17. The number of hydrogen-bond acceptors (Lipinski definition) is 2. The number of carbonyl (C=O) groups excluding carboxylic acids is 1. The fraction of sp³-hybridized carbons (Fsp3) is 0.529. The molecule has 0 aromatic carbocycles. The zero-order chi connectivity index (χ0) is 14.4. The summed E-state index contributed by atoms with van der Waals surface area (Å²) in [6.07, 6.45) is 14.4. The van der Waals surface area contributed by atoms with Crippen LogP contribution in [0.15, 0.2) is 31.0 Å². The fourth-order valence-electron chi connectivity index (χ4n) is 2.74. The lowest BCUT2D eigenvalue weighted by Crippen LogP contribution is -2.00. The molecule has 0 saturated carbocycles. The Morgan fingerprint density at radius 1 is 1.55 bits per heavy atom. The molecule has 1 unspecified atom stereocenters. The Labute approximate surface area is 121 Å². The van der Waals surface area contributed by atoms with Crippen LogP contribution in [0.5, 0.6) is 0 Å². The molecule has 0 N–H and O–H groups in total. The summed E-state index contributed by atoms with van der Waals surface area (Å²) in [5, 5.41) is 0. The van der Waals surface area contributed by atoms with Crippen molar-refractivity contribution < 1.29 is 4.79 Å². The standard InChI is InChI=1S/C17H24N2O/c1-3-5-6-7-8-9-10-14-11-12-19-13-15(16(20)4-2)18-17(14)19/h3,6-7,13-14H,1,4-5,8-12H2,2H3/b7-6-. The lowest BCUT2D eigenvalue weighted by atomic mass is 10.00. The molecule has 1 aromatic heterocycles. The van der Waals surface area contributed by atoms with Gasteiger partial charge in [-0.1, -0.05) is 25.2 Å². The van der Waals surface area contributed by atoms with E-state index in [0.29, 0.717) is 18.0 Å². The third kappa shape index (κ3) is 3.47. The third-order valence-corrected chi connectivity index (χ3v) is 3.89. The number of ketones is 1. The van der Waals surface area contributed by atoms with Crippen molar-refractivity contribution in [2.45, 2.75) is 57.9 Å². The average molecular weight is 272 g/mol. The number of nitrogens with zero attached hydrogens (tertiary/aromatic N) is 2. The van der Waals surface area contributed by atoms with Crippen LogP contribution in [0.4, 0.5) is 0 Å². The summed E-state index contributed by atoms with van der Waals surface area (Å²) in [5.74, 6) is 1.80. The second kappa shape index (κ2) is 7.22. The molecule has 0 bridgehead atoms. The first-order valence-corrected chi connectivity index (χ1v) is 7.62. The highest BCUT2D eigenvalue weighted by molar-refractivity contribution is 5.93. The van der Waals surface area contributed by atoms with Crippen LogP contribution in [0, 0.1) is 0 Å². The summed E-state index contributed by atoms with van der Waals surface area (Å²) in [4.78, 5) is 16.2. The minimum Gasteiger partial charge on any atom is -0.334 e. The Balaban J connectivity index is 1.86. The van der Waals surface area contributed by atoms with Crippen molar-refractivity contribution in [2.75, 3.05) is 0 Å². The number of unbranched alkanes of at least 4 members (excludes halogenated alkanes) is 1. The van der Waals surface area contributed by atoms with Crippen LogP contribution in [0.1, 0.15) is 67.7 Å². The van der Waals surface area contributed by atoms with Gasteiger partial charge in [0.25, 0.3) is 0 Å². The number of carbonyl (C=O) groups is 1. The first-order valence-electron chi connectivity index (χ1n) is 7.62. The SMILES string of the molecule is C=CC/C=C\CCCC1CCn2cc(C(=O)CC)nc21. The molecule has 20 heavy (non-hydrogen) atoms. The highest BCUT2D eigenvalue weighted by Gasteiger charge is 2.25. The van der Waals surface area contributed by atoms with Gasteiger partial charge in [0.15, 0.2) is 5.78 Å². The molecule has 3 nitrogen and oxygen atoms in total. The topological polar surface area (TPSA) is 34.9 Å². The van der Waals surface area contributed by atoms with Gasteiger partial charge in [0.2, 0.25) is 0 Å². The monoisotopic (exact) mass is 272 g/mol. The van der Waals surface area contributed by atoms with E-state index >= 15 is 0 Å². The number of aryl methyl sites for hydroxylation is 1. The van der Waals surface area contributed by atoms with Crippen molar-refractivity contribution in [1.82, 2.24) is 9.55 Å². The van der Waals surface area contributed by atoms with Gasteiger partial charge in [-0.2, -0.15) is 0 Å². The Bertz CT molecular complexity index is 499. The second-order valence-corrected chi connectivity index (χ2v) is 5.37. The van der Waals surface area contributed by atoms with E-state index < -0.39 is 0 Å². The maximum absolute atomic E-state index is 11.7. The molecule has 1 aliphatic heterocycles. The van der Waals surface area contributed by atoms with Gasteiger partial charge in [0.1, 0.15) is 11.5 Å². The number of fused-ring (bicyclic) bond motifs is 1. The summed E-state index contributed by atoms with van der Waals surface area (Å²) in [6.45, 7) is 6.60. The van der Waals surface area contributed by atoms with Crippen LogP contribution < -0.4 is 0 Å². The fourth-order valence-corrected chi connectivity index (χ4v) is 2.74. The van der Waals surface area contributed by atoms with Gasteiger partial charge in [0.05, 0.1) is 0 Å². The third-order valence-electron chi connectivity index (χ3n) is 3.89. The summed E-state index contributed by atoms with van der Waals surface area (Å²) in [5.41, 5.74) is 0.651. The first kappa shape index (κ1) is 14.8. The van der Waals surface area contributed by atoms with E-state index in [9.17, 15) is 4.79 Å². The smallest absolute Gasteiger partial charge is 0.182 e. The highest BCUT2D eigenvalue weighted by Crippen LogP contribution is 2.32. The Morgan fingerprint density at radius 2 is 2.40 bits per heavy atom. The lowest BCUT2D eigenvalue weighted by molar-refractivity contribution is 0.0983. The predicted octanol–water partition coefficient (Wildman–Crippen LogP) is 4.27. The normalized spacial score (nSPS) is 17.6. The number of rotatable bonds is 8. The van der Waals surface area contributed by atoms with Crippen molar-refractivity contribution in [2.24, 2.45) is 0 Å². The zero-order valence-corrected chi connectivity index (χ0v) is 12.3. The van der Waals surface area contributed by atoms with E-state index in [1.54, 1.807) is 0 Å². The largest absolute Gasteiger partial charge is 0.334 e. The van der Waals surface area contributed by atoms with Crippen LogP contribution in [0.3, 0.4) is 0 Å². The minimum atomic E-state index is 0.151. The maximum Gasteiger partial charge on any atom is 0.182 e. The van der Waals surface area contributed by atoms with Crippen molar-refractivity contribution in [1.29, 1.82) is 0 Å². The molecule has 1 aromatic rings. The molecule has 2 rings (SSSR count). The summed E-state index contributed by atoms with van der Waals surface area (Å²) in [7, 11) is 0. The van der Waals surface area contributed by atoms with Crippen molar-refractivity contribution in [3.05, 3.63) is 42.5 Å². The van der Waals surface area contributed by atoms with E-state index in [1.807, 2.05) is 19.2 Å². The molecule has 1 atom stereocenters. The van der Waals surface area contributed by atoms with Gasteiger partial charge in [-0.3, -0.25) is 4.79 Å². The molecule has 0 saturated heterocycles. The van der Waals surface area contributed by atoms with Crippen molar-refractivity contribution in [3.63, 3.8) is 0 Å². The quantitative estimate of drug-likeness (QED) is 0.402. The van der Waals surface area contributed by atoms with Crippen LogP contribution in [-0.4, -0.2) is 15.3 Å². The van der Waals surface area contributed by atoms with Gasteiger partial charge in [0, 0.05) is 25.1 Å². The van der Waals surface area contributed by atoms with Crippen molar-refractivity contribution in [3.8, 4) is 0 Å². The number of imidazole rings is 1. The number of hydrogen-bond donors (Lipinski definition) is 0. The molecule has 0 fully saturated rings. The molecule has 0 amide bonds. The average Bonchev–Trinajstić information content (AvgIpc) is 3.03. The van der Waals surface area contributed by atoms with E-state index in [2.05, 4.69) is 28.3 Å². The Morgan fingerprint density at radius 3 is 3.15 bits per heavy atom. The van der Waals surface area contributed by atoms with Crippen LogP contribution >= 0.6 is 0 Å². The van der Waals surface area contributed by atoms with Crippen LogP contribution in [0.25, 0.3) is 0 Å². The van der Waals surface area contributed by atoms with Gasteiger partial charge >= 0.3 is 0 Å². The Hall–Kier alpha value is -1.64. The molecule has 3 heteroatoms. The zero-order valence-electron chi connectivity index (χ0n) is 12.3. The lowest BCUT2D eigenvalue weighted by Gasteiger charge is -2.06. The highest BCUT2D eigenvalue weighted by atomic mass is 16.1. The van der Waals surface area contributed by atoms with Crippen LogP contribution in [-0.2, 0) is 6.54 Å². The molecular weight excluding hydrogens is 248 g/mol. The Kier molecular flexibility index (Phi) is 5.33. The molecule has 108 valence electrons. The second-order valence-electron chi connectivity index (χ2n) is 5.37. The van der Waals surface area contributed by atoms with Crippen molar-refractivity contribution >= 4 is 5.78 Å². The predicted molar refractivity (Wildman–Crippen MR) is 82.0 cm³/mol. The van der Waals surface area contributed by atoms with Gasteiger partial charge in [-0.05, 0) is 32.1 Å². The number of allylic oxidation sites excluding steroid dienone is 3. The van der Waals surface area contributed by atoms with E-state index in [1.165, 1.54) is 12.8 Å². The first-order chi connectivity index (χ1) is 9.76. The molecular formula is C17H24N2O. The summed E-state index contributed by atoms with van der Waals surface area (Å²) in [6, 6.07) is 0. The number of Topliss-reactive ketones (excluding diaryl/α,β-unsaturated/α-hetero) is 1. The molecule has 0 aliphatic carbocycles. The maximum atomic E-state index is 11.7. The van der Waals surface area contributed by atoms with Gasteiger partial charge in [-0.25, -0.2) is 4.98 Å².